The van der Waals surface area contributed by atoms with Gasteiger partial charge in [-0.05, 0) is 62.0 Å². The molecule has 0 saturated carbocycles. The minimum Gasteiger partial charge on any atom is -0.507 e. The van der Waals surface area contributed by atoms with Crippen LogP contribution in [-0.4, -0.2) is 16.3 Å². The summed E-state index contributed by atoms with van der Waals surface area (Å²) in [6.45, 7) is 16.8. The molecule has 1 aromatic rings. The molecule has 0 fully saturated rings. The molecule has 1 aromatic carbocycles. The molecular formula is C24H32O3. The van der Waals surface area contributed by atoms with Crippen molar-refractivity contribution >= 4 is 5.57 Å². The third kappa shape index (κ3) is 6.00. The first-order chi connectivity index (χ1) is 12.9. The zero-order chi connectivity index (χ0) is 20.4. The van der Waals surface area contributed by atoms with E-state index in [9.17, 15) is 10.2 Å². The van der Waals surface area contributed by atoms with E-state index in [1.165, 1.54) is 6.26 Å². The number of phenols is 1. The van der Waals surface area contributed by atoms with Crippen LogP contribution in [0.25, 0.3) is 5.57 Å². The number of phenolic OH excluding ortho intramolecular Hbond substituents is 1. The van der Waals surface area contributed by atoms with Gasteiger partial charge in [-0.1, -0.05) is 44.4 Å². The van der Waals surface area contributed by atoms with Gasteiger partial charge < -0.3 is 14.9 Å². The Labute approximate surface area is 163 Å². The van der Waals surface area contributed by atoms with Crippen molar-refractivity contribution in [1.82, 2.24) is 0 Å². The van der Waals surface area contributed by atoms with E-state index in [1.54, 1.807) is 12.1 Å². The van der Waals surface area contributed by atoms with Gasteiger partial charge in [0.1, 0.15) is 11.5 Å². The zero-order valence-electron chi connectivity index (χ0n) is 16.7. The summed E-state index contributed by atoms with van der Waals surface area (Å²) in [4.78, 5) is 0. The maximum Gasteiger partial charge on any atom is 0.134 e. The fourth-order valence-electron chi connectivity index (χ4n) is 3.05. The number of benzene rings is 1. The third-order valence-electron chi connectivity index (χ3n) is 4.60. The smallest absolute Gasteiger partial charge is 0.134 e. The molecular weight excluding hydrogens is 336 g/mol. The quantitative estimate of drug-likeness (QED) is 0.353. The molecule has 3 heteroatoms. The van der Waals surface area contributed by atoms with Crippen molar-refractivity contribution in [1.29, 1.82) is 0 Å². The zero-order valence-corrected chi connectivity index (χ0v) is 16.7. The van der Waals surface area contributed by atoms with Crippen molar-refractivity contribution in [2.24, 2.45) is 0 Å². The second-order valence-electron chi connectivity index (χ2n) is 6.45. The first-order valence-corrected chi connectivity index (χ1v) is 9.34. The Morgan fingerprint density at radius 2 is 1.93 bits per heavy atom. The van der Waals surface area contributed by atoms with Crippen molar-refractivity contribution in [3.63, 3.8) is 0 Å². The average Bonchev–Trinajstić information content (AvgIpc) is 2.65. The van der Waals surface area contributed by atoms with Crippen molar-refractivity contribution in [2.75, 3.05) is 0 Å². The molecule has 3 nitrogen and oxygen atoms in total. The van der Waals surface area contributed by atoms with Crippen LogP contribution in [0.15, 0.2) is 68.0 Å². The van der Waals surface area contributed by atoms with Gasteiger partial charge in [0, 0.05) is 11.5 Å². The Morgan fingerprint density at radius 1 is 1.26 bits per heavy atom. The Balaban J connectivity index is 0.000000828. The summed E-state index contributed by atoms with van der Waals surface area (Å²) in [7, 11) is 0. The summed E-state index contributed by atoms with van der Waals surface area (Å²) in [5.74, 6) is 0.785. The highest BCUT2D eigenvalue weighted by Gasteiger charge is 2.25. The summed E-state index contributed by atoms with van der Waals surface area (Å²) < 4.78 is 5.56. The van der Waals surface area contributed by atoms with Crippen LogP contribution < -0.4 is 4.74 Å². The monoisotopic (exact) mass is 368 g/mol. The van der Waals surface area contributed by atoms with Gasteiger partial charge in [-0.25, -0.2) is 0 Å². The predicted octanol–water partition coefficient (Wildman–Crippen LogP) is 6.27. The Bertz CT molecular complexity index is 725. The lowest BCUT2D eigenvalue weighted by Crippen LogP contribution is -2.16. The van der Waals surface area contributed by atoms with Crippen LogP contribution in [0.1, 0.15) is 57.1 Å². The van der Waals surface area contributed by atoms with E-state index < -0.39 is 6.10 Å². The predicted molar refractivity (Wildman–Crippen MR) is 115 cm³/mol. The van der Waals surface area contributed by atoms with Gasteiger partial charge in [0.2, 0.25) is 0 Å². The van der Waals surface area contributed by atoms with Gasteiger partial charge in [-0.3, -0.25) is 0 Å². The average molecular weight is 369 g/mol. The minimum atomic E-state index is -0.396. The lowest BCUT2D eigenvalue weighted by Gasteiger charge is -2.26. The molecule has 0 aliphatic heterocycles. The number of aliphatic hydroxyl groups excluding tert-OH is 1. The van der Waals surface area contributed by atoms with Crippen molar-refractivity contribution in [2.45, 2.75) is 52.1 Å². The summed E-state index contributed by atoms with van der Waals surface area (Å²) in [5.41, 5.74) is 3.43. The topological polar surface area (TPSA) is 49.7 Å². The van der Waals surface area contributed by atoms with Crippen LogP contribution in [0, 0.1) is 0 Å². The highest BCUT2D eigenvalue weighted by Crippen LogP contribution is 2.43. The van der Waals surface area contributed by atoms with Crippen LogP contribution in [0.5, 0.6) is 11.5 Å². The Kier molecular flexibility index (Phi) is 9.38. The molecule has 0 spiro atoms. The van der Waals surface area contributed by atoms with E-state index >= 15 is 0 Å². The van der Waals surface area contributed by atoms with Crippen molar-refractivity contribution in [3.05, 3.63) is 79.1 Å². The molecule has 1 aliphatic carbocycles. The summed E-state index contributed by atoms with van der Waals surface area (Å²) >= 11 is 0. The third-order valence-corrected chi connectivity index (χ3v) is 4.60. The molecule has 1 unspecified atom stereocenters. The van der Waals surface area contributed by atoms with Crippen LogP contribution in [0.2, 0.25) is 0 Å². The fourth-order valence-corrected chi connectivity index (χ4v) is 3.05. The molecule has 2 atom stereocenters. The van der Waals surface area contributed by atoms with Gasteiger partial charge >= 0.3 is 0 Å². The molecule has 0 bridgehead atoms. The van der Waals surface area contributed by atoms with Gasteiger partial charge in [-0.2, -0.15) is 0 Å². The summed E-state index contributed by atoms with van der Waals surface area (Å²) in [5, 5.41) is 20.4. The number of allylic oxidation sites excluding steroid dienone is 5. The number of ether oxygens (including phenoxy) is 1. The summed E-state index contributed by atoms with van der Waals surface area (Å²) in [6.07, 6.45) is 11.0. The number of hydrogen-bond acceptors (Lipinski definition) is 3. The maximum absolute atomic E-state index is 10.6. The molecule has 0 amide bonds. The largest absolute Gasteiger partial charge is 0.507 e. The number of aromatic hydroxyl groups is 1. The van der Waals surface area contributed by atoms with Crippen LogP contribution in [-0.2, 0) is 0 Å². The fraction of sp³-hybridized carbons (Fsp3) is 0.333. The molecule has 27 heavy (non-hydrogen) atoms. The number of aliphatic hydroxyl groups is 1. The number of rotatable bonds is 6. The normalized spacial score (nSPS) is 19.3. The second kappa shape index (κ2) is 11.2. The standard InChI is InChI=1S/C20H24O3.C4H8/c1-5-14(6-2)16-11-18(22)20(19(12-16)23-7-3)15-8-9-17(21)13(4)10-15;1-3-4-2/h5-7,10-12,15,17,21-22H,1,3,8-9H2,2,4H3;3H,1,4H2,2H3/b14-6+;/t15?,17-;/m0./s1. The minimum absolute atomic E-state index is 0.0141. The SMILES string of the molecule is C=CCC.C=COc1cc(/C(C=C)=C/C)cc(O)c1C1C=C(C)[C@@H](O)CC1. The molecule has 0 heterocycles. The summed E-state index contributed by atoms with van der Waals surface area (Å²) in [6, 6.07) is 3.62. The van der Waals surface area contributed by atoms with E-state index in [4.69, 9.17) is 4.74 Å². The molecule has 0 aromatic heterocycles. The highest BCUT2D eigenvalue weighted by atomic mass is 16.5. The van der Waals surface area contributed by atoms with Crippen LogP contribution >= 0.6 is 0 Å². The first-order valence-electron chi connectivity index (χ1n) is 9.34. The van der Waals surface area contributed by atoms with Gasteiger partial charge in [0.05, 0.1) is 12.4 Å². The maximum atomic E-state index is 10.6. The number of hydrogen-bond donors (Lipinski definition) is 2. The van der Waals surface area contributed by atoms with E-state index in [-0.39, 0.29) is 11.7 Å². The Hall–Kier alpha value is -2.52. The van der Waals surface area contributed by atoms with Crippen molar-refractivity contribution in [3.8, 4) is 11.5 Å². The lowest BCUT2D eigenvalue weighted by atomic mass is 9.83. The lowest BCUT2D eigenvalue weighted by molar-refractivity contribution is 0.187. The van der Waals surface area contributed by atoms with E-state index in [2.05, 4.69) is 26.7 Å². The molecule has 1 aliphatic rings. The van der Waals surface area contributed by atoms with Gasteiger partial charge in [-0.15, -0.1) is 6.58 Å². The van der Waals surface area contributed by atoms with Crippen LogP contribution in [0.4, 0.5) is 0 Å². The van der Waals surface area contributed by atoms with Crippen LogP contribution in [0.3, 0.4) is 0 Å². The molecule has 2 rings (SSSR count). The molecule has 0 saturated heterocycles. The Morgan fingerprint density at radius 3 is 2.41 bits per heavy atom. The van der Waals surface area contributed by atoms with Crippen molar-refractivity contribution < 1.29 is 14.9 Å². The second-order valence-corrected chi connectivity index (χ2v) is 6.45. The molecule has 0 radical (unpaired) electrons. The van der Waals surface area contributed by atoms with E-state index in [0.717, 1.165) is 35.1 Å². The first kappa shape index (κ1) is 22.5. The highest BCUT2D eigenvalue weighted by molar-refractivity contribution is 5.76. The molecule has 146 valence electrons. The van der Waals surface area contributed by atoms with Gasteiger partial charge in [0.25, 0.3) is 0 Å². The molecule has 2 N–H and O–H groups in total. The van der Waals surface area contributed by atoms with Gasteiger partial charge in [0.15, 0.2) is 0 Å². The van der Waals surface area contributed by atoms with E-state index in [0.29, 0.717) is 12.2 Å². The van der Waals surface area contributed by atoms with E-state index in [1.807, 2.05) is 38.1 Å².